The minimum atomic E-state index is -2.85. The summed E-state index contributed by atoms with van der Waals surface area (Å²) in [5, 5.41) is 6.53. The minimum absolute atomic E-state index is 0. The lowest BCUT2D eigenvalue weighted by Gasteiger charge is -2.15. The SMILES string of the molecule is CCNC(=NCc1ccc(C)cc1OCC1CC1)NCC1CCS(=O)(=O)C1.I. The van der Waals surface area contributed by atoms with Crippen LogP contribution in [0.25, 0.3) is 0 Å². The molecule has 0 bridgehead atoms. The zero-order valence-corrected chi connectivity index (χ0v) is 19.9. The fourth-order valence-corrected chi connectivity index (χ4v) is 5.06. The minimum Gasteiger partial charge on any atom is -0.493 e. The van der Waals surface area contributed by atoms with Crippen LogP contribution < -0.4 is 15.4 Å². The van der Waals surface area contributed by atoms with Gasteiger partial charge in [-0.3, -0.25) is 0 Å². The van der Waals surface area contributed by atoms with Crippen molar-refractivity contribution in [2.45, 2.75) is 39.7 Å². The molecule has 158 valence electrons. The van der Waals surface area contributed by atoms with Crippen molar-refractivity contribution in [2.75, 3.05) is 31.2 Å². The molecule has 0 radical (unpaired) electrons. The van der Waals surface area contributed by atoms with Gasteiger partial charge in [-0.05, 0) is 56.6 Å². The summed E-state index contributed by atoms with van der Waals surface area (Å²) in [6, 6.07) is 6.24. The van der Waals surface area contributed by atoms with Crippen molar-refractivity contribution in [3.63, 3.8) is 0 Å². The quantitative estimate of drug-likeness (QED) is 0.313. The maximum atomic E-state index is 11.6. The highest BCUT2D eigenvalue weighted by Crippen LogP contribution is 2.31. The van der Waals surface area contributed by atoms with Crippen LogP contribution in [-0.2, 0) is 16.4 Å². The average molecular weight is 521 g/mol. The van der Waals surface area contributed by atoms with E-state index in [9.17, 15) is 8.42 Å². The summed E-state index contributed by atoms with van der Waals surface area (Å²) in [5.41, 5.74) is 2.25. The third kappa shape index (κ3) is 7.42. The van der Waals surface area contributed by atoms with E-state index in [4.69, 9.17) is 4.74 Å². The lowest BCUT2D eigenvalue weighted by molar-refractivity contribution is 0.296. The first kappa shape index (κ1) is 23.3. The van der Waals surface area contributed by atoms with Crippen molar-refractivity contribution in [1.29, 1.82) is 0 Å². The molecule has 1 unspecified atom stereocenters. The van der Waals surface area contributed by atoms with Crippen molar-refractivity contribution < 1.29 is 13.2 Å². The van der Waals surface area contributed by atoms with Crippen molar-refractivity contribution in [3.8, 4) is 5.75 Å². The Morgan fingerprint density at radius 2 is 2.00 bits per heavy atom. The van der Waals surface area contributed by atoms with Gasteiger partial charge in [-0.1, -0.05) is 12.1 Å². The van der Waals surface area contributed by atoms with Gasteiger partial charge in [0.15, 0.2) is 15.8 Å². The molecule has 1 aliphatic carbocycles. The molecule has 1 aromatic carbocycles. The average Bonchev–Trinajstić information content (AvgIpc) is 3.39. The van der Waals surface area contributed by atoms with E-state index in [2.05, 4.69) is 40.7 Å². The Hall–Kier alpha value is -1.03. The van der Waals surface area contributed by atoms with E-state index in [1.54, 1.807) is 0 Å². The van der Waals surface area contributed by atoms with E-state index in [0.717, 1.165) is 36.8 Å². The Bertz CT molecular complexity index is 779. The lowest BCUT2D eigenvalue weighted by Crippen LogP contribution is -2.40. The molecule has 28 heavy (non-hydrogen) atoms. The van der Waals surface area contributed by atoms with Gasteiger partial charge >= 0.3 is 0 Å². The third-order valence-corrected chi connectivity index (χ3v) is 6.87. The molecule has 2 fully saturated rings. The van der Waals surface area contributed by atoms with Gasteiger partial charge in [0.25, 0.3) is 0 Å². The molecule has 1 aromatic rings. The zero-order valence-electron chi connectivity index (χ0n) is 16.7. The largest absolute Gasteiger partial charge is 0.493 e. The summed E-state index contributed by atoms with van der Waals surface area (Å²) in [7, 11) is -2.85. The van der Waals surface area contributed by atoms with Crippen LogP contribution in [0.5, 0.6) is 5.75 Å². The fourth-order valence-electron chi connectivity index (χ4n) is 3.20. The van der Waals surface area contributed by atoms with Gasteiger partial charge in [0.1, 0.15) is 5.75 Å². The van der Waals surface area contributed by atoms with Gasteiger partial charge in [-0.15, -0.1) is 24.0 Å². The summed E-state index contributed by atoms with van der Waals surface area (Å²) < 4.78 is 29.2. The maximum Gasteiger partial charge on any atom is 0.191 e. The molecular formula is C20H32IN3O3S. The van der Waals surface area contributed by atoms with Crippen molar-refractivity contribution >= 4 is 39.8 Å². The number of nitrogens with one attached hydrogen (secondary N) is 2. The van der Waals surface area contributed by atoms with Gasteiger partial charge in [-0.2, -0.15) is 0 Å². The highest BCUT2D eigenvalue weighted by atomic mass is 127. The topological polar surface area (TPSA) is 79.8 Å². The van der Waals surface area contributed by atoms with Crippen LogP contribution in [0.3, 0.4) is 0 Å². The Kier molecular flexibility index (Phi) is 8.85. The normalized spacial score (nSPS) is 21.1. The first-order valence-corrected chi connectivity index (χ1v) is 11.7. The predicted octanol–water partition coefficient (Wildman–Crippen LogP) is 2.89. The van der Waals surface area contributed by atoms with Crippen LogP contribution in [0, 0.1) is 18.8 Å². The number of hydrogen-bond acceptors (Lipinski definition) is 4. The second-order valence-electron chi connectivity index (χ2n) is 7.71. The van der Waals surface area contributed by atoms with Gasteiger partial charge in [0, 0.05) is 18.7 Å². The second kappa shape index (κ2) is 10.7. The summed E-state index contributed by atoms with van der Waals surface area (Å²) in [4.78, 5) is 4.68. The predicted molar refractivity (Wildman–Crippen MR) is 124 cm³/mol. The van der Waals surface area contributed by atoms with Gasteiger partial charge in [-0.25, -0.2) is 13.4 Å². The molecule has 6 nitrogen and oxygen atoms in total. The van der Waals surface area contributed by atoms with Crippen LogP contribution in [0.1, 0.15) is 37.3 Å². The maximum absolute atomic E-state index is 11.6. The van der Waals surface area contributed by atoms with E-state index < -0.39 is 9.84 Å². The Balaban J connectivity index is 0.00000280. The van der Waals surface area contributed by atoms with Gasteiger partial charge in [0.05, 0.1) is 24.7 Å². The number of rotatable bonds is 8. The molecule has 0 aromatic heterocycles. The highest BCUT2D eigenvalue weighted by molar-refractivity contribution is 14.0. The number of benzene rings is 1. The van der Waals surface area contributed by atoms with Gasteiger partial charge in [0.2, 0.25) is 0 Å². The molecule has 2 N–H and O–H groups in total. The highest BCUT2D eigenvalue weighted by Gasteiger charge is 2.27. The first-order valence-electron chi connectivity index (χ1n) is 9.90. The molecule has 1 aliphatic heterocycles. The standard InChI is InChI=1S/C20H31N3O3S.HI/c1-3-21-20(22-11-17-8-9-27(24,25)14-17)23-12-18-7-4-15(2)10-19(18)26-13-16-5-6-16;/h4,7,10,16-17H,3,5-6,8-9,11-14H2,1-2H3,(H2,21,22,23);1H. The first-order chi connectivity index (χ1) is 12.9. The lowest BCUT2D eigenvalue weighted by atomic mass is 10.1. The molecule has 3 rings (SSSR count). The number of guanidine groups is 1. The molecule has 2 aliphatic rings. The van der Waals surface area contributed by atoms with Crippen LogP contribution in [-0.4, -0.2) is 45.6 Å². The van der Waals surface area contributed by atoms with Crippen molar-refractivity contribution in [2.24, 2.45) is 16.8 Å². The fraction of sp³-hybridized carbons (Fsp3) is 0.650. The molecule has 1 heterocycles. The van der Waals surface area contributed by atoms with Crippen LogP contribution >= 0.6 is 24.0 Å². The summed E-state index contributed by atoms with van der Waals surface area (Å²) in [6.45, 7) is 6.79. The summed E-state index contributed by atoms with van der Waals surface area (Å²) in [6.07, 6.45) is 3.27. The number of hydrogen-bond donors (Lipinski definition) is 2. The number of aryl methyl sites for hydroxylation is 1. The van der Waals surface area contributed by atoms with Gasteiger partial charge < -0.3 is 15.4 Å². The van der Waals surface area contributed by atoms with Crippen LogP contribution in [0.4, 0.5) is 0 Å². The third-order valence-electron chi connectivity index (χ3n) is 5.03. The van der Waals surface area contributed by atoms with E-state index in [-0.39, 0.29) is 35.6 Å². The molecule has 8 heteroatoms. The molecule has 1 saturated carbocycles. The molecule has 1 saturated heterocycles. The summed E-state index contributed by atoms with van der Waals surface area (Å²) in [5.74, 6) is 3.09. The molecule has 0 spiro atoms. The smallest absolute Gasteiger partial charge is 0.191 e. The second-order valence-corrected chi connectivity index (χ2v) is 9.94. The Morgan fingerprint density at radius 3 is 2.64 bits per heavy atom. The van der Waals surface area contributed by atoms with Crippen LogP contribution in [0.2, 0.25) is 0 Å². The molecule has 1 atom stereocenters. The number of nitrogens with zero attached hydrogens (tertiary/aromatic N) is 1. The van der Waals surface area contributed by atoms with Crippen LogP contribution in [0.15, 0.2) is 23.2 Å². The molecule has 0 amide bonds. The van der Waals surface area contributed by atoms with E-state index >= 15 is 0 Å². The van der Waals surface area contributed by atoms with Crippen molar-refractivity contribution in [1.82, 2.24) is 10.6 Å². The Labute approximate surface area is 185 Å². The number of aliphatic imine (C=N–C) groups is 1. The Morgan fingerprint density at radius 1 is 1.21 bits per heavy atom. The van der Waals surface area contributed by atoms with Crippen molar-refractivity contribution in [3.05, 3.63) is 29.3 Å². The van der Waals surface area contributed by atoms with E-state index in [1.807, 2.05) is 6.92 Å². The van der Waals surface area contributed by atoms with E-state index in [1.165, 1.54) is 18.4 Å². The summed E-state index contributed by atoms with van der Waals surface area (Å²) >= 11 is 0. The zero-order chi connectivity index (χ0) is 19.3. The number of ether oxygens (including phenoxy) is 1. The molecular weight excluding hydrogens is 489 g/mol. The monoisotopic (exact) mass is 521 g/mol. The number of halogens is 1. The van der Waals surface area contributed by atoms with E-state index in [0.29, 0.717) is 24.8 Å². The number of sulfone groups is 1.